The van der Waals surface area contributed by atoms with Gasteiger partial charge in [-0.15, -0.1) is 0 Å². The second kappa shape index (κ2) is 4.87. The van der Waals surface area contributed by atoms with Crippen LogP contribution >= 0.6 is 0 Å². The average Bonchev–Trinajstić information content (AvgIpc) is 2.94. The van der Waals surface area contributed by atoms with Crippen LogP contribution in [0.3, 0.4) is 0 Å². The monoisotopic (exact) mass is 274 g/mol. The smallest absolute Gasteiger partial charge is 0.248 e. The SMILES string of the molecule is CCn1cc(S(=O)(=O)N2CCCC2CO)c(N)n1. The Bertz CT molecular complexity index is 525. The Labute approximate surface area is 106 Å². The minimum Gasteiger partial charge on any atom is -0.395 e. The van der Waals surface area contributed by atoms with Gasteiger partial charge < -0.3 is 10.8 Å². The van der Waals surface area contributed by atoms with Gasteiger partial charge in [-0.2, -0.15) is 9.40 Å². The molecule has 1 aliphatic heterocycles. The highest BCUT2D eigenvalue weighted by Crippen LogP contribution is 2.28. The number of sulfonamides is 1. The average molecular weight is 274 g/mol. The van der Waals surface area contributed by atoms with Crippen LogP contribution in [0.2, 0.25) is 0 Å². The molecule has 0 radical (unpaired) electrons. The van der Waals surface area contributed by atoms with E-state index in [2.05, 4.69) is 5.10 Å². The van der Waals surface area contributed by atoms with Crippen molar-refractivity contribution in [2.75, 3.05) is 18.9 Å². The van der Waals surface area contributed by atoms with E-state index in [1.165, 1.54) is 15.2 Å². The Morgan fingerprint density at radius 2 is 2.33 bits per heavy atom. The van der Waals surface area contributed by atoms with Crippen LogP contribution in [0.4, 0.5) is 5.82 Å². The molecular formula is C10H18N4O3S. The molecule has 0 amide bonds. The van der Waals surface area contributed by atoms with E-state index in [9.17, 15) is 13.5 Å². The van der Waals surface area contributed by atoms with Crippen LogP contribution in [0.1, 0.15) is 19.8 Å². The number of hydrogen-bond donors (Lipinski definition) is 2. The van der Waals surface area contributed by atoms with Crippen LogP contribution in [-0.4, -0.2) is 46.8 Å². The molecule has 7 nitrogen and oxygen atoms in total. The van der Waals surface area contributed by atoms with Gasteiger partial charge in [0.1, 0.15) is 4.90 Å². The number of aliphatic hydroxyl groups excluding tert-OH is 1. The fourth-order valence-corrected chi connectivity index (χ4v) is 3.96. The number of nitrogens with two attached hydrogens (primary N) is 1. The summed E-state index contributed by atoms with van der Waals surface area (Å²) in [5.74, 6) is 0.0143. The van der Waals surface area contributed by atoms with Crippen molar-refractivity contribution in [2.45, 2.75) is 37.2 Å². The van der Waals surface area contributed by atoms with Gasteiger partial charge in [0.25, 0.3) is 0 Å². The first-order valence-corrected chi connectivity index (χ1v) is 7.40. The number of aryl methyl sites for hydroxylation is 1. The molecule has 0 bridgehead atoms. The van der Waals surface area contributed by atoms with Gasteiger partial charge in [-0.25, -0.2) is 8.42 Å². The molecule has 0 spiro atoms. The number of hydrogen-bond acceptors (Lipinski definition) is 5. The Balaban J connectivity index is 2.38. The molecule has 8 heteroatoms. The van der Waals surface area contributed by atoms with E-state index in [0.29, 0.717) is 19.5 Å². The summed E-state index contributed by atoms with van der Waals surface area (Å²) in [4.78, 5) is 0.0321. The third-order valence-corrected chi connectivity index (χ3v) is 5.17. The molecule has 0 aliphatic carbocycles. The fourth-order valence-electron chi connectivity index (χ4n) is 2.21. The first kappa shape index (κ1) is 13.3. The standard InChI is InChI=1S/C10H18N4O3S/c1-2-13-6-9(10(11)12-13)18(16,17)14-5-3-4-8(14)7-15/h6,8,15H,2-5,7H2,1H3,(H2,11,12). The Morgan fingerprint density at radius 1 is 1.61 bits per heavy atom. The highest BCUT2D eigenvalue weighted by Gasteiger charge is 2.36. The number of anilines is 1. The van der Waals surface area contributed by atoms with Crippen molar-refractivity contribution in [3.05, 3.63) is 6.20 Å². The van der Waals surface area contributed by atoms with Crippen molar-refractivity contribution < 1.29 is 13.5 Å². The Morgan fingerprint density at radius 3 is 2.89 bits per heavy atom. The van der Waals surface area contributed by atoms with E-state index in [0.717, 1.165) is 6.42 Å². The maximum Gasteiger partial charge on any atom is 0.248 e. The molecule has 2 rings (SSSR count). The summed E-state index contributed by atoms with van der Waals surface area (Å²) in [6.07, 6.45) is 2.88. The quantitative estimate of drug-likeness (QED) is 0.780. The molecule has 1 aromatic heterocycles. The van der Waals surface area contributed by atoms with Crippen LogP contribution in [0.25, 0.3) is 0 Å². The number of nitrogens with zero attached hydrogens (tertiary/aromatic N) is 3. The van der Waals surface area contributed by atoms with Crippen LogP contribution in [0.15, 0.2) is 11.1 Å². The topological polar surface area (TPSA) is 101 Å². The molecule has 1 fully saturated rings. The van der Waals surface area contributed by atoms with Gasteiger partial charge >= 0.3 is 0 Å². The summed E-state index contributed by atoms with van der Waals surface area (Å²) in [5.41, 5.74) is 5.66. The zero-order valence-corrected chi connectivity index (χ0v) is 11.1. The lowest BCUT2D eigenvalue weighted by Crippen LogP contribution is -2.37. The van der Waals surface area contributed by atoms with Gasteiger partial charge in [-0.1, -0.05) is 0 Å². The van der Waals surface area contributed by atoms with Gasteiger partial charge in [0.05, 0.1) is 6.61 Å². The van der Waals surface area contributed by atoms with Crippen molar-refractivity contribution in [1.82, 2.24) is 14.1 Å². The zero-order chi connectivity index (χ0) is 13.3. The first-order chi connectivity index (χ1) is 8.50. The van der Waals surface area contributed by atoms with Crippen molar-refractivity contribution in [1.29, 1.82) is 0 Å². The summed E-state index contributed by atoms with van der Waals surface area (Å²) in [6.45, 7) is 2.67. The van der Waals surface area contributed by atoms with Crippen LogP contribution in [0.5, 0.6) is 0 Å². The maximum absolute atomic E-state index is 12.4. The number of aliphatic hydroxyl groups is 1. The highest BCUT2D eigenvalue weighted by molar-refractivity contribution is 7.89. The van der Waals surface area contributed by atoms with Crippen LogP contribution in [-0.2, 0) is 16.6 Å². The third kappa shape index (κ3) is 2.11. The number of aromatic nitrogens is 2. The first-order valence-electron chi connectivity index (χ1n) is 5.96. The van der Waals surface area contributed by atoms with Gasteiger partial charge in [0.2, 0.25) is 10.0 Å². The molecule has 2 heterocycles. The van der Waals surface area contributed by atoms with Crippen molar-refractivity contribution in [3.63, 3.8) is 0 Å². The predicted molar refractivity (Wildman–Crippen MR) is 66.3 cm³/mol. The molecule has 1 saturated heterocycles. The van der Waals surface area contributed by atoms with Gasteiger partial charge in [0, 0.05) is 25.3 Å². The molecule has 3 N–H and O–H groups in total. The normalized spacial score (nSPS) is 21.6. The summed E-state index contributed by atoms with van der Waals surface area (Å²) in [7, 11) is -3.65. The van der Waals surface area contributed by atoms with Gasteiger partial charge in [0.15, 0.2) is 5.82 Å². The predicted octanol–water partition coefficient (Wildman–Crippen LogP) is -0.369. The second-order valence-electron chi connectivity index (χ2n) is 4.33. The molecule has 1 unspecified atom stereocenters. The molecule has 1 aliphatic rings. The lowest BCUT2D eigenvalue weighted by atomic mass is 10.2. The van der Waals surface area contributed by atoms with E-state index in [1.807, 2.05) is 6.92 Å². The van der Waals surface area contributed by atoms with E-state index in [4.69, 9.17) is 5.73 Å². The minimum atomic E-state index is -3.65. The van der Waals surface area contributed by atoms with Crippen molar-refractivity contribution >= 4 is 15.8 Å². The Hall–Kier alpha value is -1.12. The summed E-state index contributed by atoms with van der Waals surface area (Å²) < 4.78 is 27.7. The second-order valence-corrected chi connectivity index (χ2v) is 6.19. The summed E-state index contributed by atoms with van der Waals surface area (Å²) in [6, 6.07) is -0.348. The van der Waals surface area contributed by atoms with E-state index >= 15 is 0 Å². The molecule has 0 saturated carbocycles. The third-order valence-electron chi connectivity index (χ3n) is 3.20. The van der Waals surface area contributed by atoms with Crippen LogP contribution in [0, 0.1) is 0 Å². The summed E-state index contributed by atoms with van der Waals surface area (Å²) in [5, 5.41) is 13.2. The molecule has 18 heavy (non-hydrogen) atoms. The van der Waals surface area contributed by atoms with Crippen LogP contribution < -0.4 is 5.73 Å². The molecule has 1 aromatic rings. The molecule has 102 valence electrons. The largest absolute Gasteiger partial charge is 0.395 e. The lowest BCUT2D eigenvalue weighted by molar-refractivity contribution is 0.213. The van der Waals surface area contributed by atoms with Crippen molar-refractivity contribution in [3.8, 4) is 0 Å². The van der Waals surface area contributed by atoms with Crippen molar-refractivity contribution in [2.24, 2.45) is 0 Å². The Kier molecular flexibility index (Phi) is 3.60. The number of rotatable bonds is 4. The fraction of sp³-hybridized carbons (Fsp3) is 0.700. The summed E-state index contributed by atoms with van der Waals surface area (Å²) >= 11 is 0. The lowest BCUT2D eigenvalue weighted by Gasteiger charge is -2.21. The zero-order valence-electron chi connectivity index (χ0n) is 10.3. The van der Waals surface area contributed by atoms with E-state index in [1.54, 1.807) is 0 Å². The van der Waals surface area contributed by atoms with E-state index < -0.39 is 10.0 Å². The molecule has 0 aromatic carbocycles. The van der Waals surface area contributed by atoms with Gasteiger partial charge in [-0.3, -0.25) is 4.68 Å². The molecular weight excluding hydrogens is 256 g/mol. The molecule has 1 atom stereocenters. The number of nitrogen functional groups attached to an aromatic ring is 1. The van der Waals surface area contributed by atoms with Gasteiger partial charge in [-0.05, 0) is 19.8 Å². The maximum atomic E-state index is 12.4. The minimum absolute atomic E-state index is 0.0143. The van der Waals surface area contributed by atoms with E-state index in [-0.39, 0.29) is 23.4 Å². The highest BCUT2D eigenvalue weighted by atomic mass is 32.2.